The maximum atomic E-state index is 11.2. The van der Waals surface area contributed by atoms with E-state index in [0.29, 0.717) is 18.5 Å². The van der Waals surface area contributed by atoms with Crippen LogP contribution in [0.1, 0.15) is 29.3 Å². The van der Waals surface area contributed by atoms with Crippen LogP contribution in [0.4, 0.5) is 0 Å². The van der Waals surface area contributed by atoms with Crippen molar-refractivity contribution < 1.29 is 9.90 Å². The Hall–Kier alpha value is -2.44. The molecule has 0 aliphatic heterocycles. The van der Waals surface area contributed by atoms with Crippen LogP contribution in [-0.4, -0.2) is 17.4 Å². The number of phenols is 1. The van der Waals surface area contributed by atoms with Gasteiger partial charge in [-0.3, -0.25) is 4.79 Å². The normalized spacial score (nSPS) is 8.76. The van der Waals surface area contributed by atoms with Crippen LogP contribution in [0.5, 0.6) is 5.75 Å². The Labute approximate surface area is 98.7 Å². The lowest BCUT2D eigenvalue weighted by atomic mass is 10.1. The molecule has 0 saturated carbocycles. The molecule has 1 N–H and O–H groups in total. The number of hydrogen-bond acceptors (Lipinski definition) is 3. The number of carbonyl (C=O) groups excluding carboxylic acids is 1. The van der Waals surface area contributed by atoms with Gasteiger partial charge in [0.2, 0.25) is 0 Å². The van der Waals surface area contributed by atoms with Gasteiger partial charge in [-0.1, -0.05) is 17.0 Å². The number of Topliss-reactive ketones (excluding diaryl/α,β-unsaturated/α-hetero) is 1. The first kappa shape index (κ1) is 12.6. The topological polar surface area (TPSA) is 86.1 Å². The quantitative estimate of drug-likeness (QED) is 0.216. The van der Waals surface area contributed by atoms with Gasteiger partial charge < -0.3 is 5.11 Å². The van der Waals surface area contributed by atoms with Crippen molar-refractivity contribution in [2.45, 2.75) is 13.3 Å². The lowest BCUT2D eigenvalue weighted by molar-refractivity contribution is 0.101. The Kier molecular flexibility index (Phi) is 4.61. The summed E-state index contributed by atoms with van der Waals surface area (Å²) in [5.74, 6) is 5.39. The van der Waals surface area contributed by atoms with Gasteiger partial charge in [0.25, 0.3) is 0 Å². The zero-order valence-electron chi connectivity index (χ0n) is 9.34. The Morgan fingerprint density at radius 2 is 2.35 bits per heavy atom. The van der Waals surface area contributed by atoms with E-state index in [1.807, 2.05) is 0 Å². The molecule has 0 spiro atoms. The summed E-state index contributed by atoms with van der Waals surface area (Å²) in [4.78, 5) is 13.8. The van der Waals surface area contributed by atoms with Crippen LogP contribution in [0, 0.1) is 11.8 Å². The fourth-order valence-corrected chi connectivity index (χ4v) is 1.21. The number of azide groups is 1. The average molecular weight is 229 g/mol. The average Bonchev–Trinajstić information content (AvgIpc) is 2.30. The molecule has 0 radical (unpaired) electrons. The molecule has 0 bridgehead atoms. The third kappa shape index (κ3) is 3.90. The van der Waals surface area contributed by atoms with E-state index in [4.69, 9.17) is 5.53 Å². The predicted octanol–water partition coefficient (Wildman–Crippen LogP) is 2.65. The highest BCUT2D eigenvalue weighted by atomic mass is 16.3. The largest absolute Gasteiger partial charge is 0.507 e. The number of ketones is 1. The van der Waals surface area contributed by atoms with Crippen LogP contribution in [0.3, 0.4) is 0 Å². The standard InChI is InChI=1S/C12H11N3O2/c1-9(16)11-8-10(5-6-12(11)17)4-2-3-7-14-15-13/h5-6,8,17H,3,7H2,1H3. The van der Waals surface area contributed by atoms with Crippen LogP contribution in [0.25, 0.3) is 10.4 Å². The summed E-state index contributed by atoms with van der Waals surface area (Å²) in [6.45, 7) is 1.70. The van der Waals surface area contributed by atoms with Gasteiger partial charge in [0.1, 0.15) is 5.75 Å². The van der Waals surface area contributed by atoms with Crippen molar-refractivity contribution in [3.63, 3.8) is 0 Å². The van der Waals surface area contributed by atoms with E-state index >= 15 is 0 Å². The molecule has 0 atom stereocenters. The molecular formula is C12H11N3O2. The second-order valence-electron chi connectivity index (χ2n) is 3.29. The summed E-state index contributed by atoms with van der Waals surface area (Å²) in [6, 6.07) is 4.61. The number of aromatic hydroxyl groups is 1. The molecular weight excluding hydrogens is 218 g/mol. The van der Waals surface area contributed by atoms with Crippen molar-refractivity contribution in [3.05, 3.63) is 39.8 Å². The minimum atomic E-state index is -0.208. The van der Waals surface area contributed by atoms with Crippen LogP contribution >= 0.6 is 0 Å². The zero-order chi connectivity index (χ0) is 12.7. The van der Waals surface area contributed by atoms with Gasteiger partial charge >= 0.3 is 0 Å². The Balaban J connectivity index is 2.82. The van der Waals surface area contributed by atoms with Gasteiger partial charge in [-0.15, -0.1) is 0 Å². The molecule has 0 aliphatic rings. The van der Waals surface area contributed by atoms with Crippen molar-refractivity contribution >= 4 is 5.78 Å². The fraction of sp³-hybridized carbons (Fsp3) is 0.250. The summed E-state index contributed by atoms with van der Waals surface area (Å²) >= 11 is 0. The summed E-state index contributed by atoms with van der Waals surface area (Å²) in [6.07, 6.45) is 0.459. The van der Waals surface area contributed by atoms with Gasteiger partial charge in [0, 0.05) is 23.4 Å². The molecule has 17 heavy (non-hydrogen) atoms. The molecule has 0 saturated heterocycles. The minimum absolute atomic E-state index is 0.0443. The fourth-order valence-electron chi connectivity index (χ4n) is 1.21. The first-order valence-corrected chi connectivity index (χ1v) is 4.99. The molecule has 0 amide bonds. The van der Waals surface area contributed by atoms with Gasteiger partial charge in [-0.05, 0) is 30.7 Å². The van der Waals surface area contributed by atoms with Gasteiger partial charge in [0.05, 0.1) is 5.56 Å². The lowest BCUT2D eigenvalue weighted by Gasteiger charge is -2.00. The van der Waals surface area contributed by atoms with Crippen molar-refractivity contribution in [3.8, 4) is 17.6 Å². The second-order valence-corrected chi connectivity index (χ2v) is 3.29. The third-order valence-electron chi connectivity index (χ3n) is 2.01. The lowest BCUT2D eigenvalue weighted by Crippen LogP contribution is -1.93. The molecule has 86 valence electrons. The highest BCUT2D eigenvalue weighted by molar-refractivity contribution is 5.97. The highest BCUT2D eigenvalue weighted by Crippen LogP contribution is 2.18. The molecule has 5 nitrogen and oxygen atoms in total. The maximum Gasteiger partial charge on any atom is 0.163 e. The molecule has 1 rings (SSSR count). The Morgan fingerprint density at radius 3 is 3.00 bits per heavy atom. The number of benzene rings is 1. The maximum absolute atomic E-state index is 11.2. The van der Waals surface area contributed by atoms with E-state index in [1.54, 1.807) is 6.07 Å². The van der Waals surface area contributed by atoms with Gasteiger partial charge in [0.15, 0.2) is 5.78 Å². The summed E-state index contributed by atoms with van der Waals surface area (Å²) < 4.78 is 0. The van der Waals surface area contributed by atoms with E-state index in [9.17, 15) is 9.90 Å². The molecule has 0 fully saturated rings. The zero-order valence-corrected chi connectivity index (χ0v) is 9.34. The minimum Gasteiger partial charge on any atom is -0.507 e. The number of nitrogens with zero attached hydrogens (tertiary/aromatic N) is 3. The summed E-state index contributed by atoms with van der Waals surface area (Å²) in [7, 11) is 0. The summed E-state index contributed by atoms with van der Waals surface area (Å²) in [5.41, 5.74) is 8.96. The Bertz CT molecular complexity index is 534. The van der Waals surface area contributed by atoms with E-state index in [-0.39, 0.29) is 17.1 Å². The number of phenolic OH excluding ortho intramolecular Hbond substituents is 1. The van der Waals surface area contributed by atoms with E-state index < -0.39 is 0 Å². The summed E-state index contributed by atoms with van der Waals surface area (Å²) in [5, 5.41) is 12.8. The Morgan fingerprint density at radius 1 is 1.59 bits per heavy atom. The SMILES string of the molecule is CC(=O)c1cc(C#CCCN=[N+]=[N-])ccc1O. The van der Waals surface area contributed by atoms with Gasteiger partial charge in [-0.25, -0.2) is 0 Å². The first-order chi connectivity index (χ1) is 8.15. The smallest absolute Gasteiger partial charge is 0.163 e. The van der Waals surface area contributed by atoms with Crippen LogP contribution in [-0.2, 0) is 0 Å². The predicted molar refractivity (Wildman–Crippen MR) is 63.6 cm³/mol. The van der Waals surface area contributed by atoms with E-state index in [2.05, 4.69) is 21.9 Å². The second kappa shape index (κ2) is 6.21. The number of carbonyl (C=O) groups is 1. The van der Waals surface area contributed by atoms with Crippen molar-refractivity contribution in [2.75, 3.05) is 6.54 Å². The van der Waals surface area contributed by atoms with Crippen molar-refractivity contribution in [2.24, 2.45) is 5.11 Å². The number of rotatable bonds is 3. The van der Waals surface area contributed by atoms with Gasteiger partial charge in [-0.2, -0.15) is 0 Å². The first-order valence-electron chi connectivity index (χ1n) is 4.99. The molecule has 0 aliphatic carbocycles. The molecule has 5 heteroatoms. The van der Waals surface area contributed by atoms with Crippen LogP contribution in [0.2, 0.25) is 0 Å². The third-order valence-corrected chi connectivity index (χ3v) is 2.01. The highest BCUT2D eigenvalue weighted by Gasteiger charge is 2.05. The molecule has 1 aromatic carbocycles. The van der Waals surface area contributed by atoms with Crippen molar-refractivity contribution in [1.82, 2.24) is 0 Å². The molecule has 0 heterocycles. The number of hydrogen-bond donors (Lipinski definition) is 1. The molecule has 0 aromatic heterocycles. The van der Waals surface area contributed by atoms with Crippen LogP contribution < -0.4 is 0 Å². The van der Waals surface area contributed by atoms with Crippen LogP contribution in [0.15, 0.2) is 23.3 Å². The van der Waals surface area contributed by atoms with E-state index in [0.717, 1.165) is 0 Å². The molecule has 1 aromatic rings. The monoisotopic (exact) mass is 229 g/mol. The molecule has 0 unspecified atom stereocenters. The van der Waals surface area contributed by atoms with E-state index in [1.165, 1.54) is 19.1 Å². The van der Waals surface area contributed by atoms with Crippen molar-refractivity contribution in [1.29, 1.82) is 0 Å².